The molecular formula is C17H27NO. The van der Waals surface area contributed by atoms with Gasteiger partial charge in [0.2, 0.25) is 0 Å². The third kappa shape index (κ3) is 2.94. The molecule has 0 atom stereocenters. The molecule has 0 spiro atoms. The van der Waals surface area contributed by atoms with Crippen molar-refractivity contribution in [3.05, 3.63) is 28.8 Å². The summed E-state index contributed by atoms with van der Waals surface area (Å²) in [5.41, 5.74) is 10.2. The largest absolute Gasteiger partial charge is 0.490 e. The maximum Gasteiger partial charge on any atom is 0.127 e. The van der Waals surface area contributed by atoms with Gasteiger partial charge in [-0.25, -0.2) is 0 Å². The summed E-state index contributed by atoms with van der Waals surface area (Å²) < 4.78 is 6.10. The highest BCUT2D eigenvalue weighted by molar-refractivity contribution is 5.48. The highest BCUT2D eigenvalue weighted by atomic mass is 16.5. The van der Waals surface area contributed by atoms with Gasteiger partial charge in [-0.05, 0) is 51.7 Å². The van der Waals surface area contributed by atoms with Gasteiger partial charge in [0.25, 0.3) is 0 Å². The second kappa shape index (κ2) is 5.54. The summed E-state index contributed by atoms with van der Waals surface area (Å²) in [6.45, 7) is 8.43. The lowest BCUT2D eigenvalue weighted by atomic mass is 9.76. The van der Waals surface area contributed by atoms with Crippen LogP contribution in [0.4, 0.5) is 0 Å². The van der Waals surface area contributed by atoms with E-state index >= 15 is 0 Å². The highest BCUT2D eigenvalue weighted by Gasteiger charge is 2.33. The van der Waals surface area contributed by atoms with Crippen LogP contribution in [0.1, 0.15) is 62.6 Å². The monoisotopic (exact) mass is 261 g/mol. The fraction of sp³-hybridized carbons (Fsp3) is 0.647. The van der Waals surface area contributed by atoms with E-state index in [0.29, 0.717) is 0 Å². The minimum atomic E-state index is -0.194. The Bertz CT molecular complexity index is 445. The summed E-state index contributed by atoms with van der Waals surface area (Å²) in [7, 11) is 0. The Morgan fingerprint density at radius 3 is 2.32 bits per heavy atom. The molecule has 0 aromatic heterocycles. The van der Waals surface area contributed by atoms with Crippen LogP contribution in [0.25, 0.3) is 0 Å². The second-order valence-corrected chi connectivity index (χ2v) is 6.27. The zero-order valence-corrected chi connectivity index (χ0v) is 12.8. The topological polar surface area (TPSA) is 35.2 Å². The molecule has 19 heavy (non-hydrogen) atoms. The van der Waals surface area contributed by atoms with Crippen LogP contribution in [0.3, 0.4) is 0 Å². The number of nitrogens with two attached hydrogens (primary N) is 1. The van der Waals surface area contributed by atoms with Crippen molar-refractivity contribution >= 4 is 0 Å². The number of aryl methyl sites for hydroxylation is 1. The van der Waals surface area contributed by atoms with Crippen molar-refractivity contribution < 1.29 is 4.74 Å². The highest BCUT2D eigenvalue weighted by Crippen LogP contribution is 2.41. The molecular weight excluding hydrogens is 234 g/mol. The molecule has 1 aromatic rings. The van der Waals surface area contributed by atoms with Gasteiger partial charge in [-0.3, -0.25) is 0 Å². The normalized spacial score (nSPS) is 18.6. The van der Waals surface area contributed by atoms with Crippen molar-refractivity contribution in [3.8, 4) is 5.75 Å². The van der Waals surface area contributed by atoms with Gasteiger partial charge in [0.05, 0.1) is 6.10 Å². The van der Waals surface area contributed by atoms with Gasteiger partial charge >= 0.3 is 0 Å². The maximum absolute atomic E-state index is 6.70. The van der Waals surface area contributed by atoms with Crippen molar-refractivity contribution in [1.82, 2.24) is 0 Å². The van der Waals surface area contributed by atoms with Crippen molar-refractivity contribution in [3.63, 3.8) is 0 Å². The lowest BCUT2D eigenvalue weighted by molar-refractivity contribution is 0.223. The van der Waals surface area contributed by atoms with Crippen molar-refractivity contribution in [1.29, 1.82) is 0 Å². The van der Waals surface area contributed by atoms with E-state index in [0.717, 1.165) is 18.6 Å². The zero-order valence-electron chi connectivity index (χ0n) is 12.8. The van der Waals surface area contributed by atoms with Crippen LogP contribution in [-0.2, 0) is 5.54 Å². The lowest BCUT2D eigenvalue weighted by Crippen LogP contribution is -2.39. The first-order chi connectivity index (χ1) is 8.94. The molecule has 106 valence electrons. The molecule has 1 aromatic carbocycles. The van der Waals surface area contributed by atoms with E-state index in [1.807, 2.05) is 0 Å². The minimum absolute atomic E-state index is 0.187. The summed E-state index contributed by atoms with van der Waals surface area (Å²) in [5.74, 6) is 1.03. The van der Waals surface area contributed by atoms with Gasteiger partial charge in [-0.15, -0.1) is 0 Å². The van der Waals surface area contributed by atoms with E-state index in [9.17, 15) is 0 Å². The number of benzene rings is 1. The Morgan fingerprint density at radius 1 is 1.11 bits per heavy atom. The molecule has 1 fully saturated rings. The van der Waals surface area contributed by atoms with Crippen LogP contribution >= 0.6 is 0 Å². The third-order valence-electron chi connectivity index (χ3n) is 4.31. The SMILES string of the molecule is Cc1ccc(C2(N)CCCCC2)c(OC(C)C)c1C. The molecule has 0 amide bonds. The first-order valence-electron chi connectivity index (χ1n) is 7.50. The van der Waals surface area contributed by atoms with Gasteiger partial charge < -0.3 is 10.5 Å². The van der Waals surface area contributed by atoms with E-state index < -0.39 is 0 Å². The molecule has 0 heterocycles. The van der Waals surface area contributed by atoms with Gasteiger partial charge in [-0.2, -0.15) is 0 Å². The molecule has 0 saturated heterocycles. The standard InChI is InChI=1S/C17H27NO/c1-12(2)19-16-14(4)13(3)8-9-15(16)17(18)10-6-5-7-11-17/h8-9,12H,5-7,10-11,18H2,1-4H3. The summed E-state index contributed by atoms with van der Waals surface area (Å²) >= 11 is 0. The minimum Gasteiger partial charge on any atom is -0.490 e. The molecule has 2 heteroatoms. The number of rotatable bonds is 3. The molecule has 2 rings (SSSR count). The van der Waals surface area contributed by atoms with Gasteiger partial charge in [0, 0.05) is 11.1 Å². The number of ether oxygens (including phenoxy) is 1. The Kier molecular flexibility index (Phi) is 4.19. The fourth-order valence-corrected chi connectivity index (χ4v) is 3.02. The van der Waals surface area contributed by atoms with Gasteiger partial charge in [0.15, 0.2) is 0 Å². The molecule has 0 bridgehead atoms. The molecule has 1 saturated carbocycles. The number of hydrogen-bond acceptors (Lipinski definition) is 2. The molecule has 0 unspecified atom stereocenters. The van der Waals surface area contributed by atoms with Crippen LogP contribution in [0.2, 0.25) is 0 Å². The maximum atomic E-state index is 6.70. The first-order valence-corrected chi connectivity index (χ1v) is 7.50. The smallest absolute Gasteiger partial charge is 0.127 e. The van der Waals surface area contributed by atoms with Gasteiger partial charge in [-0.1, -0.05) is 31.4 Å². The molecule has 0 radical (unpaired) electrons. The third-order valence-corrected chi connectivity index (χ3v) is 4.31. The van der Waals surface area contributed by atoms with Gasteiger partial charge in [0.1, 0.15) is 5.75 Å². The molecule has 2 N–H and O–H groups in total. The van der Waals surface area contributed by atoms with Crippen molar-refractivity contribution in [2.24, 2.45) is 5.73 Å². The van der Waals surface area contributed by atoms with Crippen LogP contribution in [-0.4, -0.2) is 6.10 Å². The van der Waals surface area contributed by atoms with E-state index in [-0.39, 0.29) is 11.6 Å². The van der Waals surface area contributed by atoms with E-state index in [2.05, 4.69) is 39.8 Å². The Morgan fingerprint density at radius 2 is 1.74 bits per heavy atom. The van der Waals surface area contributed by atoms with Crippen molar-refractivity contribution in [2.75, 3.05) is 0 Å². The predicted molar refractivity (Wildman–Crippen MR) is 80.6 cm³/mol. The number of hydrogen-bond donors (Lipinski definition) is 1. The quantitative estimate of drug-likeness (QED) is 0.884. The summed E-state index contributed by atoms with van der Waals surface area (Å²) in [4.78, 5) is 0. The van der Waals surface area contributed by atoms with E-state index in [1.54, 1.807) is 0 Å². The molecule has 0 aliphatic heterocycles. The average Bonchev–Trinajstić information content (AvgIpc) is 2.35. The lowest BCUT2D eigenvalue weighted by Gasteiger charge is -2.36. The predicted octanol–water partition coefficient (Wildman–Crippen LogP) is 4.21. The summed E-state index contributed by atoms with van der Waals surface area (Å²) in [5, 5.41) is 0. The van der Waals surface area contributed by atoms with Crippen LogP contribution < -0.4 is 10.5 Å². The summed E-state index contributed by atoms with van der Waals surface area (Å²) in [6, 6.07) is 4.37. The zero-order chi connectivity index (χ0) is 14.0. The molecule has 2 nitrogen and oxygen atoms in total. The Labute approximate surface area is 117 Å². The molecule has 1 aliphatic rings. The average molecular weight is 261 g/mol. The van der Waals surface area contributed by atoms with E-state index in [1.165, 1.54) is 36.0 Å². The second-order valence-electron chi connectivity index (χ2n) is 6.27. The van der Waals surface area contributed by atoms with E-state index in [4.69, 9.17) is 10.5 Å². The molecule has 1 aliphatic carbocycles. The first kappa shape index (κ1) is 14.4. The van der Waals surface area contributed by atoms with Crippen LogP contribution in [0, 0.1) is 13.8 Å². The summed E-state index contributed by atoms with van der Waals surface area (Å²) in [6.07, 6.45) is 6.10. The fourth-order valence-electron chi connectivity index (χ4n) is 3.02. The Hall–Kier alpha value is -1.02. The van der Waals surface area contributed by atoms with Crippen molar-refractivity contribution in [2.45, 2.75) is 71.4 Å². The van der Waals surface area contributed by atoms with Crippen LogP contribution in [0.15, 0.2) is 12.1 Å². The Balaban J connectivity index is 2.46. The van der Waals surface area contributed by atoms with Crippen LogP contribution in [0.5, 0.6) is 5.75 Å².